The van der Waals surface area contributed by atoms with Crippen molar-refractivity contribution in [2.24, 2.45) is 0 Å². The minimum Gasteiger partial charge on any atom is -1.00 e. The molecule has 0 saturated carbocycles. The van der Waals surface area contributed by atoms with Crippen LogP contribution in [0.4, 0.5) is 4.79 Å². The summed E-state index contributed by atoms with van der Waals surface area (Å²) < 4.78 is 0. The van der Waals surface area contributed by atoms with E-state index in [0.717, 1.165) is 11.6 Å². The van der Waals surface area contributed by atoms with E-state index in [-0.39, 0.29) is 18.4 Å². The van der Waals surface area contributed by atoms with Gasteiger partial charge < -0.3 is 17.3 Å². The Morgan fingerprint density at radius 1 is 1.58 bits per heavy atom. The molecule has 1 heterocycles. The van der Waals surface area contributed by atoms with Crippen molar-refractivity contribution in [3.63, 3.8) is 0 Å². The zero-order chi connectivity index (χ0) is 8.43. The molecule has 0 bridgehead atoms. The highest BCUT2D eigenvalue weighted by Crippen LogP contribution is 1.84. The van der Waals surface area contributed by atoms with Gasteiger partial charge in [-0.05, 0) is 0 Å². The van der Waals surface area contributed by atoms with Gasteiger partial charge in [-0.25, -0.2) is 9.69 Å². The molecule has 0 spiro atoms. The summed E-state index contributed by atoms with van der Waals surface area (Å²) in [5.74, 6) is 0. The van der Waals surface area contributed by atoms with Crippen LogP contribution < -0.4 is 17.3 Å². The third-order valence-corrected chi connectivity index (χ3v) is 1.63. The van der Waals surface area contributed by atoms with Crippen molar-refractivity contribution in [3.05, 3.63) is 12.4 Å². The number of rotatable bonds is 0. The highest BCUT2D eigenvalue weighted by molar-refractivity contribution is 5.64. The normalized spacial score (nSPS) is 20.6. The van der Waals surface area contributed by atoms with E-state index in [9.17, 15) is 4.79 Å². The van der Waals surface area contributed by atoms with Gasteiger partial charge >= 0.3 is 6.03 Å². The first-order valence-electron chi connectivity index (χ1n) is 3.57. The lowest BCUT2D eigenvalue weighted by molar-refractivity contribution is -0.764. The SMILES string of the molecule is CN1C=C[NH+](C(=O)N(C)C)C1.[Cl-]. The molecule has 5 heteroatoms. The zero-order valence-corrected chi connectivity index (χ0v) is 8.30. The first-order chi connectivity index (χ1) is 5.11. The number of nitrogens with one attached hydrogen (secondary N) is 1. The van der Waals surface area contributed by atoms with Crippen LogP contribution in [0.2, 0.25) is 0 Å². The molecular weight excluding hydrogens is 178 g/mol. The molecule has 1 rings (SSSR count). The summed E-state index contributed by atoms with van der Waals surface area (Å²) in [4.78, 5) is 15.7. The molecule has 1 atom stereocenters. The number of amides is 2. The number of carbonyl (C=O) groups excluding carboxylic acids is 1. The minimum atomic E-state index is 0. The lowest BCUT2D eigenvalue weighted by atomic mass is 10.7. The average molecular weight is 192 g/mol. The molecule has 0 aromatic rings. The van der Waals surface area contributed by atoms with Crippen LogP contribution in [0.25, 0.3) is 0 Å². The number of urea groups is 1. The number of halogens is 1. The van der Waals surface area contributed by atoms with E-state index >= 15 is 0 Å². The van der Waals surface area contributed by atoms with Crippen LogP contribution in [-0.4, -0.2) is 43.6 Å². The van der Waals surface area contributed by atoms with Crippen molar-refractivity contribution in [2.75, 3.05) is 27.8 Å². The fraction of sp³-hybridized carbons (Fsp3) is 0.571. The number of hydrogen-bond acceptors (Lipinski definition) is 2. The van der Waals surface area contributed by atoms with Gasteiger partial charge in [0.2, 0.25) is 0 Å². The molecule has 12 heavy (non-hydrogen) atoms. The standard InChI is InChI=1S/C7H13N3O.ClH/c1-8(2)7(11)10-5-4-9(3)6-10;/h4-5H,6H2,1-3H3;1H. The Hall–Kier alpha value is -0.740. The molecule has 4 nitrogen and oxygen atoms in total. The molecule has 0 aromatic carbocycles. The predicted octanol–water partition coefficient (Wildman–Crippen LogP) is -4.07. The smallest absolute Gasteiger partial charge is 0.423 e. The lowest BCUT2D eigenvalue weighted by Crippen LogP contribution is -3.11. The van der Waals surface area contributed by atoms with Gasteiger partial charge in [0.25, 0.3) is 0 Å². The molecule has 0 aliphatic carbocycles. The quantitative estimate of drug-likeness (QED) is 0.422. The first kappa shape index (κ1) is 11.3. The first-order valence-corrected chi connectivity index (χ1v) is 3.57. The van der Waals surface area contributed by atoms with Gasteiger partial charge in [0, 0.05) is 21.1 Å². The van der Waals surface area contributed by atoms with Crippen LogP contribution in [0.15, 0.2) is 12.4 Å². The van der Waals surface area contributed by atoms with E-state index in [2.05, 4.69) is 0 Å². The van der Waals surface area contributed by atoms with Crippen LogP contribution in [-0.2, 0) is 0 Å². The third kappa shape index (κ3) is 2.39. The summed E-state index contributed by atoms with van der Waals surface area (Å²) in [6, 6.07) is 0.102. The second-order valence-electron chi connectivity index (χ2n) is 2.96. The van der Waals surface area contributed by atoms with Crippen molar-refractivity contribution in [2.45, 2.75) is 0 Å². The van der Waals surface area contributed by atoms with E-state index in [1.807, 2.05) is 24.3 Å². The molecule has 1 aliphatic heterocycles. The van der Waals surface area contributed by atoms with Crippen LogP contribution in [0.1, 0.15) is 0 Å². The van der Waals surface area contributed by atoms with Crippen molar-refractivity contribution in [1.29, 1.82) is 0 Å². The number of carbonyl (C=O) groups is 1. The van der Waals surface area contributed by atoms with Gasteiger partial charge in [0.05, 0.1) is 6.20 Å². The maximum atomic E-state index is 11.3. The predicted molar refractivity (Wildman–Crippen MR) is 41.8 cm³/mol. The summed E-state index contributed by atoms with van der Waals surface area (Å²) in [6.45, 7) is 0.733. The van der Waals surface area contributed by atoms with Gasteiger partial charge in [-0.15, -0.1) is 0 Å². The zero-order valence-electron chi connectivity index (χ0n) is 7.54. The Balaban J connectivity index is 0.00000121. The molecule has 1 unspecified atom stereocenters. The van der Waals surface area contributed by atoms with Gasteiger partial charge in [-0.3, -0.25) is 4.90 Å². The van der Waals surface area contributed by atoms with Crippen molar-refractivity contribution >= 4 is 6.03 Å². The summed E-state index contributed by atoms with van der Waals surface area (Å²) in [7, 11) is 5.48. The topological polar surface area (TPSA) is 28.0 Å². The van der Waals surface area contributed by atoms with E-state index in [1.165, 1.54) is 0 Å². The average Bonchev–Trinajstić information content (AvgIpc) is 2.34. The molecular formula is C7H14ClN3O. The van der Waals surface area contributed by atoms with E-state index in [1.54, 1.807) is 19.0 Å². The summed E-state index contributed by atoms with van der Waals surface area (Å²) in [5.41, 5.74) is 0. The Morgan fingerprint density at radius 2 is 2.17 bits per heavy atom. The number of nitrogens with zero attached hydrogens (tertiary/aromatic N) is 2. The monoisotopic (exact) mass is 191 g/mol. The van der Waals surface area contributed by atoms with Crippen molar-refractivity contribution in [1.82, 2.24) is 9.80 Å². The molecule has 1 N–H and O–H groups in total. The molecule has 2 amide bonds. The fourth-order valence-corrected chi connectivity index (χ4v) is 1.02. The van der Waals surface area contributed by atoms with Crippen LogP contribution in [0, 0.1) is 0 Å². The van der Waals surface area contributed by atoms with Gasteiger partial charge in [0.1, 0.15) is 6.20 Å². The maximum Gasteiger partial charge on any atom is 0.423 e. The molecule has 0 radical (unpaired) electrons. The second kappa shape index (κ2) is 4.33. The molecule has 0 saturated heterocycles. The fourth-order valence-electron chi connectivity index (χ4n) is 1.02. The van der Waals surface area contributed by atoms with E-state index in [0.29, 0.717) is 0 Å². The van der Waals surface area contributed by atoms with Gasteiger partial charge in [-0.2, -0.15) is 0 Å². The van der Waals surface area contributed by atoms with Crippen LogP contribution >= 0.6 is 0 Å². The van der Waals surface area contributed by atoms with E-state index in [4.69, 9.17) is 0 Å². The van der Waals surface area contributed by atoms with Crippen LogP contribution in [0.3, 0.4) is 0 Å². The molecule has 1 aliphatic rings. The molecule has 70 valence electrons. The minimum absolute atomic E-state index is 0. The molecule has 0 aromatic heterocycles. The second-order valence-corrected chi connectivity index (χ2v) is 2.96. The Bertz CT molecular complexity index is 193. The Labute approximate surface area is 78.8 Å². The molecule has 0 fully saturated rings. The van der Waals surface area contributed by atoms with Crippen molar-refractivity contribution in [3.8, 4) is 0 Å². The largest absolute Gasteiger partial charge is 1.00 e. The summed E-state index contributed by atoms with van der Waals surface area (Å²) in [6.07, 6.45) is 3.78. The van der Waals surface area contributed by atoms with Gasteiger partial charge in [0.15, 0.2) is 6.67 Å². The Kier molecular flexibility index (Phi) is 4.06. The third-order valence-electron chi connectivity index (χ3n) is 1.63. The van der Waals surface area contributed by atoms with Gasteiger partial charge in [-0.1, -0.05) is 0 Å². The summed E-state index contributed by atoms with van der Waals surface area (Å²) in [5, 5.41) is 0. The highest BCUT2D eigenvalue weighted by atomic mass is 35.5. The number of hydrogen-bond donors (Lipinski definition) is 1. The Morgan fingerprint density at radius 3 is 2.50 bits per heavy atom. The maximum absolute atomic E-state index is 11.3. The number of quaternary nitrogens is 1. The van der Waals surface area contributed by atoms with Crippen molar-refractivity contribution < 1.29 is 22.1 Å². The summed E-state index contributed by atoms with van der Waals surface area (Å²) >= 11 is 0. The van der Waals surface area contributed by atoms with Crippen LogP contribution in [0.5, 0.6) is 0 Å². The van der Waals surface area contributed by atoms with E-state index < -0.39 is 0 Å². The lowest BCUT2D eigenvalue weighted by Gasteiger charge is -2.14. The highest BCUT2D eigenvalue weighted by Gasteiger charge is 2.23.